The topological polar surface area (TPSA) is 40.6 Å². The molecule has 1 aliphatic heterocycles. The van der Waals surface area contributed by atoms with Crippen LogP contribution < -0.4 is 0 Å². The number of benzene rings is 1. The van der Waals surface area contributed by atoms with Crippen molar-refractivity contribution in [2.24, 2.45) is 0 Å². The zero-order valence-corrected chi connectivity index (χ0v) is 11.2. The third-order valence-electron chi connectivity index (χ3n) is 3.21. The Morgan fingerprint density at radius 1 is 1.06 bits per heavy atom. The molecule has 1 fully saturated rings. The highest BCUT2D eigenvalue weighted by Gasteiger charge is 2.24. The van der Waals surface area contributed by atoms with Gasteiger partial charge in [0.1, 0.15) is 0 Å². The van der Waals surface area contributed by atoms with Gasteiger partial charge in [0, 0.05) is 31.7 Å². The molecule has 4 nitrogen and oxygen atoms in total. The van der Waals surface area contributed by atoms with E-state index in [2.05, 4.69) is 12.6 Å². The number of nitrogens with zero attached hydrogens (tertiary/aromatic N) is 2. The molecule has 0 radical (unpaired) electrons. The van der Waals surface area contributed by atoms with E-state index in [1.165, 1.54) is 0 Å². The molecule has 0 N–H and O–H groups in total. The molecule has 0 aromatic heterocycles. The van der Waals surface area contributed by atoms with Gasteiger partial charge in [0.15, 0.2) is 0 Å². The second kappa shape index (κ2) is 5.44. The molecule has 1 aromatic carbocycles. The van der Waals surface area contributed by atoms with Gasteiger partial charge in [0.05, 0.1) is 0 Å². The molecular weight excluding hydrogens is 248 g/mol. The molecule has 0 atom stereocenters. The summed E-state index contributed by atoms with van der Waals surface area (Å²) in [7, 11) is 0. The van der Waals surface area contributed by atoms with Crippen LogP contribution in [0.15, 0.2) is 24.3 Å². The smallest absolute Gasteiger partial charge is 0.278 e. The normalized spacial score (nSPS) is 15.7. The van der Waals surface area contributed by atoms with Crippen LogP contribution in [0.3, 0.4) is 0 Å². The Morgan fingerprint density at radius 2 is 1.61 bits per heavy atom. The van der Waals surface area contributed by atoms with Gasteiger partial charge in [-0.25, -0.2) is 0 Å². The number of rotatable bonds is 1. The van der Waals surface area contributed by atoms with Crippen molar-refractivity contribution in [1.82, 2.24) is 9.80 Å². The van der Waals surface area contributed by atoms with Crippen molar-refractivity contribution in [3.8, 4) is 0 Å². The maximum Gasteiger partial charge on any atom is 0.278 e. The molecule has 1 saturated heterocycles. The Hall–Kier alpha value is -1.49. The number of hydrogen-bond donors (Lipinski definition) is 1. The van der Waals surface area contributed by atoms with E-state index in [0.717, 1.165) is 11.1 Å². The fourth-order valence-electron chi connectivity index (χ4n) is 2.08. The second-order valence-corrected chi connectivity index (χ2v) is 4.76. The van der Waals surface area contributed by atoms with E-state index < -0.39 is 0 Å². The molecule has 1 aromatic rings. The molecule has 0 aliphatic carbocycles. The minimum atomic E-state index is -0.224. The predicted molar refractivity (Wildman–Crippen MR) is 73.0 cm³/mol. The summed E-state index contributed by atoms with van der Waals surface area (Å²) in [5.74, 6) is 0.0411. The third-order valence-corrected chi connectivity index (χ3v) is 3.50. The zero-order valence-electron chi connectivity index (χ0n) is 10.3. The van der Waals surface area contributed by atoms with E-state index in [1.807, 2.05) is 31.2 Å². The Labute approximate surface area is 112 Å². The van der Waals surface area contributed by atoms with Gasteiger partial charge in [-0.1, -0.05) is 30.8 Å². The summed E-state index contributed by atoms with van der Waals surface area (Å²) in [6.07, 6.45) is 0. The summed E-state index contributed by atoms with van der Waals surface area (Å²) >= 11 is 3.79. The Balaban J connectivity index is 2.04. The van der Waals surface area contributed by atoms with Crippen LogP contribution in [0.4, 0.5) is 4.79 Å². The molecular formula is C13H16N2O2S. The summed E-state index contributed by atoms with van der Waals surface area (Å²) < 4.78 is 0. The lowest BCUT2D eigenvalue weighted by molar-refractivity contribution is 0.0676. The van der Waals surface area contributed by atoms with Gasteiger partial charge >= 0.3 is 0 Å². The van der Waals surface area contributed by atoms with E-state index in [4.69, 9.17) is 0 Å². The Morgan fingerprint density at radius 3 is 2.17 bits per heavy atom. The van der Waals surface area contributed by atoms with Gasteiger partial charge in [-0.05, 0) is 18.6 Å². The quantitative estimate of drug-likeness (QED) is 0.786. The van der Waals surface area contributed by atoms with E-state index in [1.54, 1.807) is 9.80 Å². The monoisotopic (exact) mass is 264 g/mol. The summed E-state index contributed by atoms with van der Waals surface area (Å²) in [6, 6.07) is 7.56. The van der Waals surface area contributed by atoms with Crippen LogP contribution in [0, 0.1) is 6.92 Å². The second-order valence-electron chi connectivity index (χ2n) is 4.38. The van der Waals surface area contributed by atoms with Gasteiger partial charge in [0.2, 0.25) is 0 Å². The van der Waals surface area contributed by atoms with E-state index in [0.29, 0.717) is 26.2 Å². The highest BCUT2D eigenvalue weighted by molar-refractivity contribution is 7.96. The molecule has 0 spiro atoms. The van der Waals surface area contributed by atoms with Crippen molar-refractivity contribution in [1.29, 1.82) is 0 Å². The molecule has 18 heavy (non-hydrogen) atoms. The van der Waals surface area contributed by atoms with Gasteiger partial charge in [-0.3, -0.25) is 9.59 Å². The first-order valence-electron chi connectivity index (χ1n) is 5.92. The number of thiol groups is 1. The standard InChI is InChI=1S/C13H16N2O2S/c1-10-4-2-3-5-11(10)12(16)14-6-8-15(9-7-14)13(17)18/h2-5H,6-9H2,1H3,(H,17,18). The minimum absolute atomic E-state index is 0.0411. The largest absolute Gasteiger partial charge is 0.335 e. The van der Waals surface area contributed by atoms with Crippen LogP contribution in [0.2, 0.25) is 0 Å². The average molecular weight is 264 g/mol. The highest BCUT2D eigenvalue weighted by atomic mass is 32.1. The molecule has 0 unspecified atom stereocenters. The minimum Gasteiger partial charge on any atom is -0.335 e. The first-order chi connectivity index (χ1) is 8.59. The molecule has 2 rings (SSSR count). The number of carbonyl (C=O) groups excluding carboxylic acids is 2. The van der Waals surface area contributed by atoms with Crippen molar-refractivity contribution in [3.63, 3.8) is 0 Å². The molecule has 0 saturated carbocycles. The van der Waals surface area contributed by atoms with Crippen molar-refractivity contribution in [2.75, 3.05) is 26.2 Å². The fourth-order valence-corrected chi connectivity index (χ4v) is 2.28. The van der Waals surface area contributed by atoms with E-state index in [-0.39, 0.29) is 11.1 Å². The summed E-state index contributed by atoms with van der Waals surface area (Å²) in [5, 5.41) is -0.224. The first kappa shape index (κ1) is 13.0. The molecule has 96 valence electrons. The Kier molecular flexibility index (Phi) is 3.91. The summed E-state index contributed by atoms with van der Waals surface area (Å²) in [6.45, 7) is 4.18. The van der Waals surface area contributed by atoms with E-state index >= 15 is 0 Å². The third kappa shape index (κ3) is 2.67. The lowest BCUT2D eigenvalue weighted by Gasteiger charge is -2.34. The maximum atomic E-state index is 12.3. The van der Waals surface area contributed by atoms with Crippen LogP contribution in [0.5, 0.6) is 0 Å². The van der Waals surface area contributed by atoms with Crippen LogP contribution in [0.1, 0.15) is 15.9 Å². The molecule has 1 heterocycles. The number of carbonyl (C=O) groups is 2. The van der Waals surface area contributed by atoms with Crippen molar-refractivity contribution < 1.29 is 9.59 Å². The van der Waals surface area contributed by atoms with Crippen molar-refractivity contribution in [3.05, 3.63) is 35.4 Å². The zero-order chi connectivity index (χ0) is 13.1. The molecule has 2 amide bonds. The predicted octanol–water partition coefficient (Wildman–Crippen LogP) is 1.80. The molecule has 5 heteroatoms. The van der Waals surface area contributed by atoms with Gasteiger partial charge in [-0.2, -0.15) is 0 Å². The van der Waals surface area contributed by atoms with Crippen LogP contribution in [0.25, 0.3) is 0 Å². The first-order valence-corrected chi connectivity index (χ1v) is 6.37. The summed E-state index contributed by atoms with van der Waals surface area (Å²) in [5.41, 5.74) is 1.72. The van der Waals surface area contributed by atoms with Crippen molar-refractivity contribution >= 4 is 23.8 Å². The Bertz CT molecular complexity index is 468. The fraction of sp³-hybridized carbons (Fsp3) is 0.385. The number of aryl methyl sites for hydroxylation is 1. The van der Waals surface area contributed by atoms with Crippen molar-refractivity contribution in [2.45, 2.75) is 6.92 Å². The van der Waals surface area contributed by atoms with Gasteiger partial charge in [0.25, 0.3) is 11.1 Å². The van der Waals surface area contributed by atoms with Crippen LogP contribution >= 0.6 is 12.6 Å². The SMILES string of the molecule is Cc1ccccc1C(=O)N1CCN(C(=O)S)CC1. The van der Waals surface area contributed by atoms with E-state index in [9.17, 15) is 9.59 Å². The molecule has 0 bridgehead atoms. The van der Waals surface area contributed by atoms with Gasteiger partial charge < -0.3 is 9.80 Å². The molecule has 1 aliphatic rings. The lowest BCUT2D eigenvalue weighted by atomic mass is 10.1. The summed E-state index contributed by atoms with van der Waals surface area (Å²) in [4.78, 5) is 26.8. The maximum absolute atomic E-state index is 12.3. The number of hydrogen-bond acceptors (Lipinski definition) is 2. The lowest BCUT2D eigenvalue weighted by Crippen LogP contribution is -2.49. The van der Waals surface area contributed by atoms with Crippen LogP contribution in [-0.4, -0.2) is 47.1 Å². The average Bonchev–Trinajstić information content (AvgIpc) is 2.38. The van der Waals surface area contributed by atoms with Crippen LogP contribution in [-0.2, 0) is 0 Å². The highest BCUT2D eigenvalue weighted by Crippen LogP contribution is 2.13. The number of amides is 2. The number of piperazine rings is 1. The van der Waals surface area contributed by atoms with Gasteiger partial charge in [-0.15, -0.1) is 0 Å².